The molecule has 0 fully saturated rings. The van der Waals surface area contributed by atoms with Gasteiger partial charge >= 0.3 is 0 Å². The summed E-state index contributed by atoms with van der Waals surface area (Å²) < 4.78 is 0. The van der Waals surface area contributed by atoms with Gasteiger partial charge in [-0.25, -0.2) is 0 Å². The van der Waals surface area contributed by atoms with Crippen molar-refractivity contribution < 1.29 is 9.59 Å². The van der Waals surface area contributed by atoms with Gasteiger partial charge in [-0.3, -0.25) is 9.59 Å². The first kappa shape index (κ1) is 19.9. The Morgan fingerprint density at radius 1 is 1.04 bits per heavy atom. The second-order valence-corrected chi connectivity index (χ2v) is 6.39. The highest BCUT2D eigenvalue weighted by atomic mass is 35.5. The van der Waals surface area contributed by atoms with E-state index in [2.05, 4.69) is 22.0 Å². The number of benzene rings is 2. The molecule has 2 aromatic carbocycles. The number of nitrogens with one attached hydrogen (secondary N) is 3. The summed E-state index contributed by atoms with van der Waals surface area (Å²) in [6, 6.07) is 15.8. The maximum absolute atomic E-state index is 12.3. The van der Waals surface area contributed by atoms with Crippen molar-refractivity contribution in [3.05, 3.63) is 70.8 Å². The van der Waals surface area contributed by atoms with Crippen molar-refractivity contribution in [1.29, 1.82) is 0 Å². The summed E-state index contributed by atoms with van der Waals surface area (Å²) in [5.41, 5.74) is 4.63. The van der Waals surface area contributed by atoms with E-state index in [0.29, 0.717) is 19.5 Å². The van der Waals surface area contributed by atoms with Crippen LogP contribution in [0.2, 0.25) is 0 Å². The van der Waals surface area contributed by atoms with E-state index in [1.54, 1.807) is 0 Å². The van der Waals surface area contributed by atoms with E-state index < -0.39 is 0 Å². The number of hydrogen-bond donors (Lipinski definition) is 3. The number of halogens is 1. The number of carbonyl (C=O) groups excluding carboxylic acids is 2. The van der Waals surface area contributed by atoms with Crippen molar-refractivity contribution in [2.75, 3.05) is 6.54 Å². The van der Waals surface area contributed by atoms with Crippen LogP contribution in [0.4, 0.5) is 0 Å². The van der Waals surface area contributed by atoms with Crippen molar-refractivity contribution in [1.82, 2.24) is 16.0 Å². The Kier molecular flexibility index (Phi) is 7.18. The molecule has 0 radical (unpaired) electrons. The van der Waals surface area contributed by atoms with Gasteiger partial charge in [0.2, 0.25) is 11.8 Å². The van der Waals surface area contributed by atoms with Gasteiger partial charge in [-0.1, -0.05) is 54.1 Å². The molecular formula is C20H24ClN3O2. The molecule has 138 valence electrons. The van der Waals surface area contributed by atoms with Crippen LogP contribution < -0.4 is 16.0 Å². The van der Waals surface area contributed by atoms with Crippen LogP contribution in [-0.4, -0.2) is 24.4 Å². The highest BCUT2D eigenvalue weighted by Gasteiger charge is 2.23. The van der Waals surface area contributed by atoms with E-state index in [0.717, 1.165) is 5.56 Å². The predicted molar refractivity (Wildman–Crippen MR) is 104 cm³/mol. The zero-order valence-corrected chi connectivity index (χ0v) is 15.6. The minimum absolute atomic E-state index is 0. The standard InChI is InChI=1S/C20H23N3O2.ClH/c1-14-6-8-15(9-7-14)11-22-19(24)13-23-20(25)18-10-16-4-2-3-5-17(16)12-21-18;/h2-9,18,21H,10-13H2,1H3,(H,22,24)(H,23,25);1H/t18-;/m0./s1. The van der Waals surface area contributed by atoms with Crippen LogP contribution >= 0.6 is 12.4 Å². The summed E-state index contributed by atoms with van der Waals surface area (Å²) in [5, 5.41) is 8.75. The maximum Gasteiger partial charge on any atom is 0.239 e. The average Bonchev–Trinajstić information content (AvgIpc) is 2.65. The van der Waals surface area contributed by atoms with E-state index >= 15 is 0 Å². The quantitative estimate of drug-likeness (QED) is 0.749. The topological polar surface area (TPSA) is 70.2 Å². The lowest BCUT2D eigenvalue weighted by Crippen LogP contribution is -2.49. The first-order valence-corrected chi connectivity index (χ1v) is 8.52. The number of aryl methyl sites for hydroxylation is 1. The van der Waals surface area contributed by atoms with Gasteiger partial charge < -0.3 is 16.0 Å². The number of carbonyl (C=O) groups is 2. The number of fused-ring (bicyclic) bond motifs is 1. The third-order valence-electron chi connectivity index (χ3n) is 4.43. The second kappa shape index (κ2) is 9.36. The van der Waals surface area contributed by atoms with Crippen LogP contribution in [0.15, 0.2) is 48.5 Å². The smallest absolute Gasteiger partial charge is 0.239 e. The summed E-state index contributed by atoms with van der Waals surface area (Å²) in [6.07, 6.45) is 0.646. The van der Waals surface area contributed by atoms with E-state index in [1.807, 2.05) is 49.4 Å². The van der Waals surface area contributed by atoms with Crippen molar-refractivity contribution in [2.45, 2.75) is 32.5 Å². The molecule has 6 heteroatoms. The Hall–Kier alpha value is -2.37. The van der Waals surface area contributed by atoms with Crippen LogP contribution in [0.25, 0.3) is 0 Å². The Morgan fingerprint density at radius 3 is 2.46 bits per heavy atom. The fraction of sp³-hybridized carbons (Fsp3) is 0.300. The molecule has 0 unspecified atom stereocenters. The Morgan fingerprint density at radius 2 is 1.73 bits per heavy atom. The average molecular weight is 374 g/mol. The fourth-order valence-electron chi connectivity index (χ4n) is 2.90. The van der Waals surface area contributed by atoms with Gasteiger partial charge in [0.1, 0.15) is 0 Å². The monoisotopic (exact) mass is 373 g/mol. The van der Waals surface area contributed by atoms with Crippen molar-refractivity contribution in [3.8, 4) is 0 Å². The third kappa shape index (κ3) is 5.31. The van der Waals surface area contributed by atoms with Crippen LogP contribution in [0.5, 0.6) is 0 Å². The van der Waals surface area contributed by atoms with E-state index in [9.17, 15) is 9.59 Å². The largest absolute Gasteiger partial charge is 0.350 e. The highest BCUT2D eigenvalue weighted by molar-refractivity contribution is 5.87. The van der Waals surface area contributed by atoms with Crippen molar-refractivity contribution in [2.24, 2.45) is 0 Å². The zero-order valence-electron chi connectivity index (χ0n) is 14.7. The summed E-state index contributed by atoms with van der Waals surface area (Å²) in [5.74, 6) is -0.329. The molecule has 0 aliphatic carbocycles. The minimum Gasteiger partial charge on any atom is -0.350 e. The van der Waals surface area contributed by atoms with Gasteiger partial charge in [0.05, 0.1) is 12.6 Å². The van der Waals surface area contributed by atoms with Crippen molar-refractivity contribution in [3.63, 3.8) is 0 Å². The Labute approximate surface area is 160 Å². The van der Waals surface area contributed by atoms with E-state index in [-0.39, 0.29) is 36.8 Å². The normalized spacial score (nSPS) is 15.3. The molecule has 0 saturated heterocycles. The molecule has 1 aliphatic heterocycles. The predicted octanol–water partition coefficient (Wildman–Crippen LogP) is 1.86. The van der Waals surface area contributed by atoms with Crippen LogP contribution in [0.3, 0.4) is 0 Å². The van der Waals surface area contributed by atoms with Gasteiger partial charge in [0.15, 0.2) is 0 Å². The van der Waals surface area contributed by atoms with Gasteiger partial charge in [-0.15, -0.1) is 12.4 Å². The lowest BCUT2D eigenvalue weighted by Gasteiger charge is -2.25. The van der Waals surface area contributed by atoms with Gasteiger partial charge in [-0.05, 0) is 30.0 Å². The molecule has 2 amide bonds. The fourth-order valence-corrected chi connectivity index (χ4v) is 2.90. The summed E-state index contributed by atoms with van der Waals surface area (Å²) in [6.45, 7) is 3.15. The molecule has 1 heterocycles. The molecule has 0 saturated carbocycles. The molecule has 1 atom stereocenters. The number of hydrogen-bond acceptors (Lipinski definition) is 3. The summed E-state index contributed by atoms with van der Waals surface area (Å²) in [4.78, 5) is 24.2. The second-order valence-electron chi connectivity index (χ2n) is 6.39. The molecular weight excluding hydrogens is 350 g/mol. The number of amides is 2. The Balaban J connectivity index is 0.00000243. The molecule has 0 spiro atoms. The molecule has 3 N–H and O–H groups in total. The molecule has 0 bridgehead atoms. The van der Waals surface area contributed by atoms with Gasteiger partial charge in [-0.2, -0.15) is 0 Å². The highest BCUT2D eigenvalue weighted by Crippen LogP contribution is 2.16. The maximum atomic E-state index is 12.3. The molecule has 5 nitrogen and oxygen atoms in total. The minimum atomic E-state index is -0.292. The molecule has 26 heavy (non-hydrogen) atoms. The van der Waals surface area contributed by atoms with Gasteiger partial charge in [0.25, 0.3) is 0 Å². The number of rotatable bonds is 5. The van der Waals surface area contributed by atoms with Crippen LogP contribution in [0.1, 0.15) is 22.3 Å². The summed E-state index contributed by atoms with van der Waals surface area (Å²) >= 11 is 0. The van der Waals surface area contributed by atoms with E-state index in [1.165, 1.54) is 16.7 Å². The molecule has 3 rings (SSSR count). The molecule has 1 aliphatic rings. The molecule has 2 aromatic rings. The van der Waals surface area contributed by atoms with Crippen molar-refractivity contribution >= 4 is 24.2 Å². The van der Waals surface area contributed by atoms with Crippen LogP contribution in [-0.2, 0) is 29.1 Å². The zero-order chi connectivity index (χ0) is 17.6. The third-order valence-corrected chi connectivity index (χ3v) is 4.43. The first-order valence-electron chi connectivity index (χ1n) is 8.52. The van der Waals surface area contributed by atoms with E-state index in [4.69, 9.17) is 0 Å². The lowest BCUT2D eigenvalue weighted by molar-refractivity contribution is -0.127. The van der Waals surface area contributed by atoms with Crippen LogP contribution in [0, 0.1) is 6.92 Å². The Bertz CT molecular complexity index is 762. The molecule has 0 aromatic heterocycles. The van der Waals surface area contributed by atoms with Gasteiger partial charge in [0, 0.05) is 13.1 Å². The first-order chi connectivity index (χ1) is 12.1. The summed E-state index contributed by atoms with van der Waals surface area (Å²) in [7, 11) is 0. The lowest BCUT2D eigenvalue weighted by atomic mass is 9.95. The SMILES string of the molecule is Cc1ccc(CNC(=O)CNC(=O)[C@@H]2Cc3ccccc3CN2)cc1.Cl.